The van der Waals surface area contributed by atoms with Crippen LogP contribution in [-0.2, 0) is 28.7 Å². The average molecular weight is 394 g/mol. The van der Waals surface area contributed by atoms with Gasteiger partial charge in [-0.3, -0.25) is 19.2 Å². The highest BCUT2D eigenvalue weighted by atomic mass is 16.5. The van der Waals surface area contributed by atoms with Gasteiger partial charge in [-0.05, 0) is 12.1 Å². The number of nitrogens with one attached hydrogen (secondary N) is 2. The van der Waals surface area contributed by atoms with Gasteiger partial charge in [0.25, 0.3) is 5.91 Å². The first-order chi connectivity index (χ1) is 13.2. The Morgan fingerprint density at radius 1 is 1.00 bits per heavy atom. The number of benzene rings is 1. The maximum atomic E-state index is 12.1. The Balaban J connectivity index is 2.81. The number of aliphatic carboxylic acids is 1. The molecule has 0 spiro atoms. The van der Waals surface area contributed by atoms with E-state index < -0.39 is 54.1 Å². The molecular formula is C18H22N2O8. The van der Waals surface area contributed by atoms with Gasteiger partial charge in [0.2, 0.25) is 5.91 Å². The van der Waals surface area contributed by atoms with Crippen LogP contribution in [0.3, 0.4) is 0 Å². The molecule has 10 heteroatoms. The van der Waals surface area contributed by atoms with Crippen LogP contribution >= 0.6 is 0 Å². The predicted molar refractivity (Wildman–Crippen MR) is 95.0 cm³/mol. The lowest BCUT2D eigenvalue weighted by atomic mass is 9.87. The van der Waals surface area contributed by atoms with Crippen molar-refractivity contribution in [3.8, 4) is 0 Å². The van der Waals surface area contributed by atoms with Crippen LogP contribution in [0.1, 0.15) is 17.3 Å². The first kappa shape index (κ1) is 22.6. The molecule has 0 aliphatic rings. The quantitative estimate of drug-likeness (QED) is 0.378. The van der Waals surface area contributed by atoms with Gasteiger partial charge in [0.15, 0.2) is 5.92 Å². The number of carboxylic acids is 1. The lowest BCUT2D eigenvalue weighted by Gasteiger charge is -2.26. The van der Waals surface area contributed by atoms with E-state index in [0.29, 0.717) is 5.56 Å². The van der Waals surface area contributed by atoms with E-state index in [2.05, 4.69) is 20.1 Å². The predicted octanol–water partition coefficient (Wildman–Crippen LogP) is -0.416. The van der Waals surface area contributed by atoms with Gasteiger partial charge in [-0.25, -0.2) is 4.79 Å². The molecule has 152 valence electrons. The Morgan fingerprint density at radius 3 is 2.00 bits per heavy atom. The number of esters is 2. The van der Waals surface area contributed by atoms with Gasteiger partial charge >= 0.3 is 17.9 Å². The molecule has 2 amide bonds. The standard InChI is InChI=1S/C18H22N2O8/c1-10(13(17(25)27-2)18(26)28-3)14(16(23)24)20-12(21)9-19-15(22)11-7-5-4-6-8-11/h4-8,10,13-14H,9H2,1-3H3,(H,19,22)(H,20,21)(H,23,24)/t10-,14-/m1/s1. The zero-order valence-electron chi connectivity index (χ0n) is 15.6. The van der Waals surface area contributed by atoms with E-state index in [1.165, 1.54) is 6.92 Å². The molecule has 0 aromatic heterocycles. The highest BCUT2D eigenvalue weighted by molar-refractivity contribution is 5.98. The van der Waals surface area contributed by atoms with Gasteiger partial charge in [-0.1, -0.05) is 25.1 Å². The normalized spacial score (nSPS) is 12.4. The molecule has 1 rings (SSSR count). The lowest BCUT2D eigenvalue weighted by molar-refractivity contribution is -0.163. The van der Waals surface area contributed by atoms with Crippen LogP contribution in [0.25, 0.3) is 0 Å². The van der Waals surface area contributed by atoms with Crippen LogP contribution in [0.15, 0.2) is 30.3 Å². The van der Waals surface area contributed by atoms with Gasteiger partial charge in [-0.15, -0.1) is 0 Å². The van der Waals surface area contributed by atoms with Crippen molar-refractivity contribution in [2.75, 3.05) is 20.8 Å². The smallest absolute Gasteiger partial charge is 0.326 e. The second-order valence-corrected chi connectivity index (χ2v) is 5.82. The molecule has 3 N–H and O–H groups in total. The summed E-state index contributed by atoms with van der Waals surface area (Å²) in [5, 5.41) is 13.9. The third-order valence-electron chi connectivity index (χ3n) is 3.99. The summed E-state index contributed by atoms with van der Waals surface area (Å²) < 4.78 is 9.03. The maximum Gasteiger partial charge on any atom is 0.326 e. The highest BCUT2D eigenvalue weighted by Crippen LogP contribution is 2.19. The second-order valence-electron chi connectivity index (χ2n) is 5.82. The van der Waals surface area contributed by atoms with Crippen LogP contribution in [0.2, 0.25) is 0 Å². The summed E-state index contributed by atoms with van der Waals surface area (Å²) in [5.41, 5.74) is 0.329. The largest absolute Gasteiger partial charge is 0.480 e. The Morgan fingerprint density at radius 2 is 1.54 bits per heavy atom. The Labute approximate surface area is 161 Å². The van der Waals surface area contributed by atoms with E-state index in [0.717, 1.165) is 14.2 Å². The van der Waals surface area contributed by atoms with Crippen LogP contribution < -0.4 is 10.6 Å². The van der Waals surface area contributed by atoms with Crippen LogP contribution in [-0.4, -0.2) is 61.6 Å². The molecule has 0 fully saturated rings. The van der Waals surface area contributed by atoms with Gasteiger partial charge in [0.1, 0.15) is 6.04 Å². The topological polar surface area (TPSA) is 148 Å². The zero-order chi connectivity index (χ0) is 21.3. The number of carboxylic acid groups (broad SMARTS) is 1. The molecule has 10 nitrogen and oxygen atoms in total. The monoisotopic (exact) mass is 394 g/mol. The Kier molecular flexibility index (Phi) is 8.60. The fraction of sp³-hybridized carbons (Fsp3) is 0.389. The molecule has 28 heavy (non-hydrogen) atoms. The van der Waals surface area contributed by atoms with Crippen LogP contribution in [0.5, 0.6) is 0 Å². The summed E-state index contributed by atoms with van der Waals surface area (Å²) in [5.74, 6) is -7.49. The molecule has 0 saturated carbocycles. The fourth-order valence-electron chi connectivity index (χ4n) is 2.47. The Bertz CT molecular complexity index is 718. The van der Waals surface area contributed by atoms with E-state index in [-0.39, 0.29) is 0 Å². The number of amides is 2. The van der Waals surface area contributed by atoms with Crippen molar-refractivity contribution in [2.45, 2.75) is 13.0 Å². The zero-order valence-corrected chi connectivity index (χ0v) is 15.6. The number of ether oxygens (including phenoxy) is 2. The summed E-state index contributed by atoms with van der Waals surface area (Å²) in [4.78, 5) is 59.3. The van der Waals surface area contributed by atoms with Crippen LogP contribution in [0, 0.1) is 11.8 Å². The minimum atomic E-state index is -1.59. The van der Waals surface area contributed by atoms with Crippen LogP contribution in [0.4, 0.5) is 0 Å². The van der Waals surface area contributed by atoms with Crippen molar-refractivity contribution in [3.63, 3.8) is 0 Å². The summed E-state index contributed by atoms with van der Waals surface area (Å²) in [7, 11) is 2.08. The molecule has 0 saturated heterocycles. The molecule has 1 aromatic rings. The number of carbonyl (C=O) groups excluding carboxylic acids is 4. The van der Waals surface area contributed by atoms with Gasteiger partial charge in [0, 0.05) is 11.5 Å². The van der Waals surface area contributed by atoms with E-state index in [1.54, 1.807) is 30.3 Å². The van der Waals surface area contributed by atoms with Crippen molar-refractivity contribution in [2.24, 2.45) is 11.8 Å². The third kappa shape index (κ3) is 6.08. The molecule has 0 aliphatic heterocycles. The van der Waals surface area contributed by atoms with E-state index in [4.69, 9.17) is 0 Å². The van der Waals surface area contributed by atoms with Crippen molar-refractivity contribution in [3.05, 3.63) is 35.9 Å². The molecule has 1 aromatic carbocycles. The summed E-state index contributed by atoms with van der Waals surface area (Å²) in [6.45, 7) is 0.797. The van der Waals surface area contributed by atoms with E-state index in [9.17, 15) is 29.1 Å². The SMILES string of the molecule is COC(=O)C(C(=O)OC)[C@@H](C)[C@@H](NC(=O)CNC(=O)c1ccccc1)C(=O)O. The molecule has 0 radical (unpaired) electrons. The van der Waals surface area contributed by atoms with Gasteiger partial charge < -0.3 is 25.2 Å². The molecule has 0 aliphatic carbocycles. The second kappa shape index (κ2) is 10.7. The first-order valence-electron chi connectivity index (χ1n) is 8.24. The first-order valence-corrected chi connectivity index (χ1v) is 8.24. The lowest BCUT2D eigenvalue weighted by Crippen LogP contribution is -2.52. The Hall–Kier alpha value is -3.43. The molecule has 0 heterocycles. The third-order valence-corrected chi connectivity index (χ3v) is 3.99. The highest BCUT2D eigenvalue weighted by Gasteiger charge is 2.41. The number of hydrogen-bond acceptors (Lipinski definition) is 7. The minimum Gasteiger partial charge on any atom is -0.480 e. The van der Waals surface area contributed by atoms with Crippen molar-refractivity contribution in [1.82, 2.24) is 10.6 Å². The van der Waals surface area contributed by atoms with E-state index >= 15 is 0 Å². The van der Waals surface area contributed by atoms with Crippen molar-refractivity contribution >= 4 is 29.7 Å². The summed E-state index contributed by atoms with van der Waals surface area (Å²) in [6.07, 6.45) is 0. The molecule has 0 unspecified atom stereocenters. The number of carbonyl (C=O) groups is 5. The van der Waals surface area contributed by atoms with Gasteiger partial charge in [0.05, 0.1) is 20.8 Å². The fourth-order valence-corrected chi connectivity index (χ4v) is 2.47. The minimum absolute atomic E-state index is 0.329. The number of rotatable bonds is 9. The summed E-state index contributed by atoms with van der Waals surface area (Å²) in [6, 6.07) is 6.53. The number of methoxy groups -OCH3 is 2. The average Bonchev–Trinajstić information content (AvgIpc) is 2.70. The van der Waals surface area contributed by atoms with Crippen molar-refractivity contribution in [1.29, 1.82) is 0 Å². The summed E-state index contributed by atoms with van der Waals surface area (Å²) >= 11 is 0. The van der Waals surface area contributed by atoms with E-state index in [1.807, 2.05) is 0 Å². The molecule has 2 atom stereocenters. The molecule has 0 bridgehead atoms. The maximum absolute atomic E-state index is 12.1. The number of hydrogen-bond donors (Lipinski definition) is 3. The van der Waals surface area contributed by atoms with Gasteiger partial charge in [-0.2, -0.15) is 0 Å². The molecular weight excluding hydrogens is 372 g/mol. The van der Waals surface area contributed by atoms with Crippen molar-refractivity contribution < 1.29 is 38.6 Å².